The molecule has 2 aliphatic rings. The second-order valence-corrected chi connectivity index (χ2v) is 8.40. The van der Waals surface area contributed by atoms with Crippen molar-refractivity contribution in [2.24, 2.45) is 11.8 Å². The minimum atomic E-state index is 0.107. The number of aryl methyl sites for hydroxylation is 1. The van der Waals surface area contributed by atoms with Gasteiger partial charge in [-0.1, -0.05) is 0 Å². The van der Waals surface area contributed by atoms with Crippen molar-refractivity contribution in [3.8, 4) is 0 Å². The fraction of sp³-hybridized carbons (Fsp3) is 0.500. The van der Waals surface area contributed by atoms with Crippen molar-refractivity contribution >= 4 is 28.6 Å². The molecule has 0 unspecified atom stereocenters. The highest BCUT2D eigenvalue weighted by Crippen LogP contribution is 2.33. The van der Waals surface area contributed by atoms with E-state index in [2.05, 4.69) is 28.9 Å². The lowest BCUT2D eigenvalue weighted by atomic mass is 10.0. The van der Waals surface area contributed by atoms with Gasteiger partial charge >= 0.3 is 0 Å². The first-order valence-electron chi connectivity index (χ1n) is 7.64. The highest BCUT2D eigenvalue weighted by Gasteiger charge is 2.41. The van der Waals surface area contributed by atoms with Crippen LogP contribution in [0.4, 0.5) is 0 Å². The first-order chi connectivity index (χ1) is 10.7. The number of hydrogen-bond acceptors (Lipinski definition) is 5. The number of amides is 1. The standard InChI is InChI=1S/C16H19N3OS2/c1-11-2-3-14(22-11)8-18-4-12-6-19(7-13(12)5-18)16(20)15-9-21-10-17-15/h2-3,9-10,12-13H,4-8H2,1H3/t12-,13+. The Morgan fingerprint density at radius 3 is 2.64 bits per heavy atom. The zero-order chi connectivity index (χ0) is 15.1. The van der Waals surface area contributed by atoms with Gasteiger partial charge in [0.05, 0.1) is 5.51 Å². The molecular formula is C16H19N3OS2. The molecule has 22 heavy (non-hydrogen) atoms. The first kappa shape index (κ1) is 14.4. The van der Waals surface area contributed by atoms with E-state index in [0.717, 1.165) is 32.7 Å². The van der Waals surface area contributed by atoms with E-state index in [1.54, 1.807) is 5.51 Å². The van der Waals surface area contributed by atoms with E-state index in [0.29, 0.717) is 17.5 Å². The maximum absolute atomic E-state index is 12.4. The van der Waals surface area contributed by atoms with Gasteiger partial charge in [-0.3, -0.25) is 9.69 Å². The SMILES string of the molecule is Cc1ccc(CN2C[C@@H]3CN(C(=O)c4cscn4)C[C@@H]3C2)s1. The molecule has 0 bridgehead atoms. The Bertz CT molecular complexity index is 653. The lowest BCUT2D eigenvalue weighted by Crippen LogP contribution is -2.33. The van der Waals surface area contributed by atoms with Gasteiger partial charge in [0.1, 0.15) is 5.69 Å². The van der Waals surface area contributed by atoms with E-state index in [-0.39, 0.29) is 5.91 Å². The van der Waals surface area contributed by atoms with E-state index in [4.69, 9.17) is 0 Å². The van der Waals surface area contributed by atoms with Crippen LogP contribution in [0.25, 0.3) is 0 Å². The second kappa shape index (κ2) is 5.76. The molecule has 6 heteroatoms. The quantitative estimate of drug-likeness (QED) is 0.866. The number of rotatable bonds is 3. The normalized spacial score (nSPS) is 24.9. The fourth-order valence-corrected chi connectivity index (χ4v) is 5.11. The van der Waals surface area contributed by atoms with Gasteiger partial charge in [-0.2, -0.15) is 0 Å². The van der Waals surface area contributed by atoms with Crippen LogP contribution in [0.3, 0.4) is 0 Å². The van der Waals surface area contributed by atoms with Crippen LogP contribution in [-0.2, 0) is 6.54 Å². The Labute approximate surface area is 138 Å². The molecule has 2 fully saturated rings. The summed E-state index contributed by atoms with van der Waals surface area (Å²) in [6.07, 6.45) is 0. The Morgan fingerprint density at radius 2 is 2.05 bits per heavy atom. The Morgan fingerprint density at radius 1 is 1.27 bits per heavy atom. The van der Waals surface area contributed by atoms with E-state index < -0.39 is 0 Å². The predicted molar refractivity (Wildman–Crippen MR) is 89.3 cm³/mol. The molecule has 2 atom stereocenters. The van der Waals surface area contributed by atoms with Crippen molar-refractivity contribution in [3.05, 3.63) is 38.5 Å². The molecule has 2 aliphatic heterocycles. The van der Waals surface area contributed by atoms with E-state index in [1.807, 2.05) is 21.6 Å². The first-order valence-corrected chi connectivity index (χ1v) is 9.40. The molecule has 0 N–H and O–H groups in total. The number of carbonyl (C=O) groups excluding carboxylic acids is 1. The summed E-state index contributed by atoms with van der Waals surface area (Å²) in [5.41, 5.74) is 2.34. The molecule has 2 aromatic heterocycles. The Balaban J connectivity index is 1.35. The summed E-state index contributed by atoms with van der Waals surface area (Å²) in [6, 6.07) is 4.44. The summed E-state index contributed by atoms with van der Waals surface area (Å²) in [7, 11) is 0. The monoisotopic (exact) mass is 333 g/mol. The van der Waals surface area contributed by atoms with Gasteiger partial charge in [0.25, 0.3) is 5.91 Å². The molecule has 4 nitrogen and oxygen atoms in total. The third-order valence-electron chi connectivity index (χ3n) is 4.68. The number of thiophene rings is 1. The molecule has 4 heterocycles. The van der Waals surface area contributed by atoms with Crippen LogP contribution >= 0.6 is 22.7 Å². The lowest BCUT2D eigenvalue weighted by molar-refractivity contribution is 0.0768. The molecule has 2 saturated heterocycles. The third-order valence-corrected chi connectivity index (χ3v) is 6.25. The lowest BCUT2D eigenvalue weighted by Gasteiger charge is -2.20. The van der Waals surface area contributed by atoms with Crippen LogP contribution < -0.4 is 0 Å². The van der Waals surface area contributed by atoms with E-state index in [1.165, 1.54) is 21.1 Å². The Hall–Kier alpha value is -1.24. The van der Waals surface area contributed by atoms with Crippen LogP contribution in [0.5, 0.6) is 0 Å². The van der Waals surface area contributed by atoms with Gasteiger partial charge in [0.15, 0.2) is 0 Å². The van der Waals surface area contributed by atoms with Gasteiger partial charge in [0.2, 0.25) is 0 Å². The fourth-order valence-electron chi connectivity index (χ4n) is 3.66. The van der Waals surface area contributed by atoms with Gasteiger partial charge < -0.3 is 4.90 Å². The van der Waals surface area contributed by atoms with E-state index >= 15 is 0 Å². The van der Waals surface area contributed by atoms with Crippen LogP contribution in [0.2, 0.25) is 0 Å². The summed E-state index contributed by atoms with van der Waals surface area (Å²) >= 11 is 3.38. The highest BCUT2D eigenvalue weighted by atomic mass is 32.1. The maximum atomic E-state index is 12.4. The molecule has 0 aromatic carbocycles. The smallest absolute Gasteiger partial charge is 0.273 e. The second-order valence-electron chi connectivity index (χ2n) is 6.31. The van der Waals surface area contributed by atoms with Crippen LogP contribution in [0.1, 0.15) is 20.2 Å². The van der Waals surface area contributed by atoms with Gasteiger partial charge in [-0.25, -0.2) is 4.98 Å². The topological polar surface area (TPSA) is 36.4 Å². The highest BCUT2D eigenvalue weighted by molar-refractivity contribution is 7.11. The third kappa shape index (κ3) is 2.71. The summed E-state index contributed by atoms with van der Waals surface area (Å²) in [4.78, 5) is 23.9. The number of likely N-dealkylation sites (tertiary alicyclic amines) is 2. The number of carbonyl (C=O) groups is 1. The average molecular weight is 333 g/mol. The molecule has 0 aliphatic carbocycles. The number of nitrogens with zero attached hydrogens (tertiary/aromatic N) is 3. The number of aromatic nitrogens is 1. The minimum absolute atomic E-state index is 0.107. The molecule has 4 rings (SSSR count). The largest absolute Gasteiger partial charge is 0.337 e. The van der Waals surface area contributed by atoms with E-state index in [9.17, 15) is 4.79 Å². The van der Waals surface area contributed by atoms with Crippen molar-refractivity contribution in [2.75, 3.05) is 26.2 Å². The molecule has 0 radical (unpaired) electrons. The molecule has 0 saturated carbocycles. The van der Waals surface area contributed by atoms with Crippen molar-refractivity contribution < 1.29 is 4.79 Å². The van der Waals surface area contributed by atoms with Crippen LogP contribution in [0.15, 0.2) is 23.0 Å². The molecule has 1 amide bonds. The van der Waals surface area contributed by atoms with Crippen LogP contribution in [0, 0.1) is 18.8 Å². The molecule has 116 valence electrons. The number of hydrogen-bond donors (Lipinski definition) is 0. The predicted octanol–water partition coefficient (Wildman–Crippen LogP) is 2.72. The van der Waals surface area contributed by atoms with Crippen molar-refractivity contribution in [1.29, 1.82) is 0 Å². The van der Waals surface area contributed by atoms with Crippen molar-refractivity contribution in [1.82, 2.24) is 14.8 Å². The summed E-state index contributed by atoms with van der Waals surface area (Å²) < 4.78 is 0. The molecule has 0 spiro atoms. The van der Waals surface area contributed by atoms with Gasteiger partial charge in [-0.05, 0) is 30.9 Å². The number of fused-ring (bicyclic) bond motifs is 1. The summed E-state index contributed by atoms with van der Waals surface area (Å²) in [5.74, 6) is 1.36. The summed E-state index contributed by atoms with van der Waals surface area (Å²) in [5, 5.41) is 1.85. The summed E-state index contributed by atoms with van der Waals surface area (Å²) in [6.45, 7) is 7.23. The van der Waals surface area contributed by atoms with Gasteiger partial charge in [-0.15, -0.1) is 22.7 Å². The van der Waals surface area contributed by atoms with Crippen LogP contribution in [-0.4, -0.2) is 46.9 Å². The number of thiazole rings is 1. The van der Waals surface area contributed by atoms with Crippen molar-refractivity contribution in [3.63, 3.8) is 0 Å². The minimum Gasteiger partial charge on any atom is -0.337 e. The maximum Gasteiger partial charge on any atom is 0.273 e. The zero-order valence-electron chi connectivity index (χ0n) is 12.6. The van der Waals surface area contributed by atoms with Crippen molar-refractivity contribution in [2.45, 2.75) is 13.5 Å². The molecule has 2 aromatic rings. The van der Waals surface area contributed by atoms with Gasteiger partial charge in [0, 0.05) is 47.9 Å². The zero-order valence-corrected chi connectivity index (χ0v) is 14.2. The molecular weight excluding hydrogens is 314 g/mol. The Kier molecular flexibility index (Phi) is 3.76. The average Bonchev–Trinajstić information content (AvgIpc) is 3.21.